The first-order valence-corrected chi connectivity index (χ1v) is 10.2. The molecule has 0 fully saturated rings. The molecule has 4 aromatic rings. The van der Waals surface area contributed by atoms with Gasteiger partial charge >= 0.3 is 0 Å². The van der Waals surface area contributed by atoms with Crippen molar-refractivity contribution in [2.75, 3.05) is 13.7 Å². The molecule has 0 aliphatic heterocycles. The Morgan fingerprint density at radius 2 is 1.87 bits per heavy atom. The first-order valence-electron chi connectivity index (χ1n) is 10.2. The third-order valence-electron chi connectivity index (χ3n) is 5.01. The minimum atomic E-state index is -0.171. The summed E-state index contributed by atoms with van der Waals surface area (Å²) < 4.78 is 9.11. The zero-order valence-electron chi connectivity index (χ0n) is 17.6. The van der Waals surface area contributed by atoms with E-state index in [9.17, 15) is 4.79 Å². The lowest BCUT2D eigenvalue weighted by molar-refractivity contribution is 0.0947. The molecule has 4 rings (SSSR count). The van der Waals surface area contributed by atoms with Gasteiger partial charge in [-0.05, 0) is 36.2 Å². The van der Waals surface area contributed by atoms with Crippen LogP contribution in [-0.4, -0.2) is 39.1 Å². The average molecular weight is 415 g/mol. The molecule has 31 heavy (non-hydrogen) atoms. The molecule has 1 unspecified atom stereocenters. The normalized spacial score (nSPS) is 11.8. The summed E-state index contributed by atoms with van der Waals surface area (Å²) in [4.78, 5) is 13.2. The molecule has 0 radical (unpaired) electrons. The maximum atomic E-state index is 13.2. The smallest absolute Gasteiger partial charge is 0.255 e. The van der Waals surface area contributed by atoms with Gasteiger partial charge in [-0.25, -0.2) is 4.68 Å². The van der Waals surface area contributed by atoms with E-state index in [4.69, 9.17) is 9.84 Å². The molecule has 7 heteroatoms. The number of benzene rings is 2. The van der Waals surface area contributed by atoms with E-state index in [0.29, 0.717) is 23.6 Å². The van der Waals surface area contributed by atoms with Crippen LogP contribution in [0.4, 0.5) is 0 Å². The lowest BCUT2D eigenvalue weighted by Crippen LogP contribution is -2.30. The molecular formula is C24H25N5O2. The summed E-state index contributed by atoms with van der Waals surface area (Å²) in [5.41, 5.74) is 2.73. The minimum Gasteiger partial charge on any atom is -0.496 e. The highest BCUT2D eigenvalue weighted by atomic mass is 16.5. The Balaban J connectivity index is 1.62. The Bertz CT molecular complexity index is 1140. The third kappa shape index (κ3) is 4.66. The van der Waals surface area contributed by atoms with Gasteiger partial charge in [0.2, 0.25) is 0 Å². The fraction of sp³-hybridized carbons (Fsp3) is 0.208. The Morgan fingerprint density at radius 1 is 1.10 bits per heavy atom. The Hall–Kier alpha value is -3.87. The molecule has 1 atom stereocenters. The monoisotopic (exact) mass is 415 g/mol. The van der Waals surface area contributed by atoms with Crippen LogP contribution in [0, 0.1) is 5.92 Å². The van der Waals surface area contributed by atoms with Gasteiger partial charge in [-0.2, -0.15) is 10.2 Å². The predicted molar refractivity (Wildman–Crippen MR) is 119 cm³/mol. The summed E-state index contributed by atoms with van der Waals surface area (Å²) in [7, 11) is 1.61. The molecule has 0 bridgehead atoms. The van der Waals surface area contributed by atoms with E-state index in [1.165, 1.54) is 0 Å². The number of hydrogen-bond acceptors (Lipinski definition) is 4. The molecule has 2 heterocycles. The van der Waals surface area contributed by atoms with Gasteiger partial charge in [0.05, 0.1) is 18.4 Å². The van der Waals surface area contributed by atoms with Gasteiger partial charge in [0.15, 0.2) is 0 Å². The van der Waals surface area contributed by atoms with Gasteiger partial charge in [-0.3, -0.25) is 9.48 Å². The lowest BCUT2D eigenvalue weighted by atomic mass is 10.1. The van der Waals surface area contributed by atoms with Crippen molar-refractivity contribution in [2.24, 2.45) is 5.92 Å². The molecule has 1 N–H and O–H groups in total. The molecule has 7 nitrogen and oxygen atoms in total. The Labute approximate surface area is 181 Å². The van der Waals surface area contributed by atoms with Crippen LogP contribution in [0.25, 0.3) is 16.9 Å². The molecule has 2 aromatic carbocycles. The largest absolute Gasteiger partial charge is 0.496 e. The number of amides is 1. The number of para-hydroxylation sites is 2. The van der Waals surface area contributed by atoms with Crippen LogP contribution in [0.15, 0.2) is 79.3 Å². The molecule has 0 spiro atoms. The molecule has 0 aliphatic rings. The van der Waals surface area contributed by atoms with Crippen molar-refractivity contribution in [1.29, 1.82) is 0 Å². The Kier molecular flexibility index (Phi) is 6.12. The van der Waals surface area contributed by atoms with Crippen molar-refractivity contribution < 1.29 is 9.53 Å². The fourth-order valence-corrected chi connectivity index (χ4v) is 3.45. The summed E-state index contributed by atoms with van der Waals surface area (Å²) in [5, 5.41) is 12.0. The summed E-state index contributed by atoms with van der Waals surface area (Å²) >= 11 is 0. The van der Waals surface area contributed by atoms with Crippen molar-refractivity contribution in [2.45, 2.75) is 13.5 Å². The van der Waals surface area contributed by atoms with Crippen molar-refractivity contribution >= 4 is 5.91 Å². The number of ether oxygens (including phenoxy) is 1. The second-order valence-electron chi connectivity index (χ2n) is 7.42. The first-order chi connectivity index (χ1) is 15.2. The maximum Gasteiger partial charge on any atom is 0.255 e. The molecule has 0 aliphatic carbocycles. The van der Waals surface area contributed by atoms with Gasteiger partial charge < -0.3 is 10.1 Å². The number of aromatic nitrogens is 4. The van der Waals surface area contributed by atoms with E-state index in [1.807, 2.05) is 71.5 Å². The highest BCUT2D eigenvalue weighted by Crippen LogP contribution is 2.31. The fourth-order valence-electron chi connectivity index (χ4n) is 3.45. The first kappa shape index (κ1) is 20.4. The summed E-state index contributed by atoms with van der Waals surface area (Å²) in [6.45, 7) is 3.34. The number of carbonyl (C=O) groups is 1. The topological polar surface area (TPSA) is 74.0 Å². The van der Waals surface area contributed by atoms with E-state index < -0.39 is 0 Å². The number of rotatable bonds is 8. The second kappa shape index (κ2) is 9.30. The maximum absolute atomic E-state index is 13.2. The van der Waals surface area contributed by atoms with Gasteiger partial charge in [-0.15, -0.1) is 0 Å². The van der Waals surface area contributed by atoms with Crippen molar-refractivity contribution in [3.05, 3.63) is 84.8 Å². The summed E-state index contributed by atoms with van der Waals surface area (Å²) in [5.74, 6) is 0.722. The number of nitrogens with zero attached hydrogens (tertiary/aromatic N) is 4. The number of carbonyl (C=O) groups excluding carboxylic acids is 1. The van der Waals surface area contributed by atoms with Crippen LogP contribution in [0.3, 0.4) is 0 Å². The quantitative estimate of drug-likeness (QED) is 0.475. The summed E-state index contributed by atoms with van der Waals surface area (Å²) in [6, 6.07) is 19.2. The molecular weight excluding hydrogens is 390 g/mol. The van der Waals surface area contributed by atoms with Gasteiger partial charge in [0.1, 0.15) is 11.4 Å². The highest BCUT2D eigenvalue weighted by Gasteiger charge is 2.21. The zero-order chi connectivity index (χ0) is 21.6. The third-order valence-corrected chi connectivity index (χ3v) is 5.01. The van der Waals surface area contributed by atoms with Crippen molar-refractivity contribution in [3.63, 3.8) is 0 Å². The molecule has 158 valence electrons. The predicted octanol–water partition coefficient (Wildman–Crippen LogP) is 3.81. The van der Waals surface area contributed by atoms with E-state index in [2.05, 4.69) is 17.3 Å². The van der Waals surface area contributed by atoms with Crippen molar-refractivity contribution in [3.8, 4) is 22.7 Å². The van der Waals surface area contributed by atoms with Crippen LogP contribution < -0.4 is 10.1 Å². The van der Waals surface area contributed by atoms with E-state index in [0.717, 1.165) is 17.8 Å². The van der Waals surface area contributed by atoms with Crippen LogP contribution in [0.2, 0.25) is 0 Å². The van der Waals surface area contributed by atoms with E-state index >= 15 is 0 Å². The van der Waals surface area contributed by atoms with Gasteiger partial charge in [-0.1, -0.05) is 37.3 Å². The van der Waals surface area contributed by atoms with Gasteiger partial charge in [0.25, 0.3) is 5.91 Å². The van der Waals surface area contributed by atoms with Crippen LogP contribution >= 0.6 is 0 Å². The summed E-state index contributed by atoms with van der Waals surface area (Å²) in [6.07, 6.45) is 5.44. The second-order valence-corrected chi connectivity index (χ2v) is 7.42. The molecule has 2 aromatic heterocycles. The Morgan fingerprint density at radius 3 is 2.61 bits per heavy atom. The zero-order valence-corrected chi connectivity index (χ0v) is 17.6. The lowest BCUT2D eigenvalue weighted by Gasteiger charge is -2.13. The average Bonchev–Trinajstić information content (AvgIpc) is 3.48. The molecule has 1 amide bonds. The number of methoxy groups -OCH3 is 1. The van der Waals surface area contributed by atoms with Gasteiger partial charge in [0, 0.05) is 37.2 Å². The highest BCUT2D eigenvalue weighted by molar-refractivity contribution is 6.00. The SMILES string of the molecule is COc1ccccc1-c1nn(-c2ccccc2)cc1C(=O)NCC(C)Cn1cccn1. The van der Waals surface area contributed by atoms with Crippen LogP contribution in [0.1, 0.15) is 17.3 Å². The number of hydrogen-bond donors (Lipinski definition) is 1. The molecule has 0 saturated carbocycles. The van der Waals surface area contributed by atoms with E-state index in [1.54, 1.807) is 24.2 Å². The minimum absolute atomic E-state index is 0.171. The van der Waals surface area contributed by atoms with Crippen molar-refractivity contribution in [1.82, 2.24) is 24.9 Å². The van der Waals surface area contributed by atoms with Crippen LogP contribution in [-0.2, 0) is 6.54 Å². The standard InChI is InChI=1S/C24H25N5O2/c1-18(16-28-14-8-13-26-28)15-25-24(30)21-17-29(19-9-4-3-5-10-19)27-23(21)20-11-6-7-12-22(20)31-2/h3-14,17-18H,15-16H2,1-2H3,(H,25,30). The number of nitrogens with one attached hydrogen (secondary N) is 1. The van der Waals surface area contributed by atoms with Crippen LogP contribution in [0.5, 0.6) is 5.75 Å². The molecule has 0 saturated heterocycles. The van der Waals surface area contributed by atoms with E-state index in [-0.39, 0.29) is 11.8 Å².